The average molecular weight is 796 g/mol. The van der Waals surface area contributed by atoms with E-state index in [4.69, 9.17) is 4.42 Å². The largest absolute Gasteiger partial charge is 0.454 e. The molecule has 0 aliphatic carbocycles. The van der Waals surface area contributed by atoms with Crippen LogP contribution in [-0.4, -0.2) is 11.3 Å². The van der Waals surface area contributed by atoms with Crippen molar-refractivity contribution in [3.8, 4) is 11.1 Å². The van der Waals surface area contributed by atoms with Gasteiger partial charge in [-0.1, -0.05) is 130 Å². The van der Waals surface area contributed by atoms with Gasteiger partial charge in [0.2, 0.25) is 0 Å². The number of fused-ring (bicyclic) bond motifs is 12. The maximum absolute atomic E-state index is 6.90. The normalized spacial score (nSPS) is 13.1. The second kappa shape index (κ2) is 12.8. The van der Waals surface area contributed by atoms with Crippen LogP contribution < -0.4 is 20.7 Å². The summed E-state index contributed by atoms with van der Waals surface area (Å²) in [7, 11) is 0. The Morgan fingerprint density at radius 1 is 0.532 bits per heavy atom. The molecule has 13 rings (SSSR count). The summed E-state index contributed by atoms with van der Waals surface area (Å²) in [6, 6.07) is 67.1. The van der Waals surface area contributed by atoms with Crippen molar-refractivity contribution in [1.29, 1.82) is 0 Å². The highest BCUT2D eigenvalue weighted by atomic mass is 16.3. The van der Waals surface area contributed by atoms with Gasteiger partial charge >= 0.3 is 6.85 Å². The minimum absolute atomic E-state index is 0.0558. The lowest BCUT2D eigenvalue weighted by molar-refractivity contribution is 0.591. The quantitative estimate of drug-likeness (QED) is 0.166. The third kappa shape index (κ3) is 4.91. The second-order valence-corrected chi connectivity index (χ2v) is 18.2. The molecule has 11 aromatic rings. The van der Waals surface area contributed by atoms with E-state index < -0.39 is 0 Å². The number of aryl methyl sites for hydroxylation is 1. The van der Waals surface area contributed by atoms with Gasteiger partial charge in [-0.2, -0.15) is 0 Å². The Balaban J connectivity index is 1.18. The van der Waals surface area contributed by atoms with E-state index in [0.717, 1.165) is 50.4 Å². The summed E-state index contributed by atoms with van der Waals surface area (Å²) in [5, 5.41) is 7.42. The highest BCUT2D eigenvalue weighted by Crippen LogP contribution is 2.50. The summed E-state index contributed by atoms with van der Waals surface area (Å²) >= 11 is 0. The summed E-state index contributed by atoms with van der Waals surface area (Å²) in [6.45, 7) is 9.19. The Morgan fingerprint density at radius 2 is 1.24 bits per heavy atom. The molecule has 0 unspecified atom stereocenters. The molecule has 4 nitrogen and oxygen atoms in total. The SMILES string of the molecule is Cc1cc2c3c(c1)N(c1cccc4c1oc1ccccc14)c1cc(N(c4ccccc4)c4ccccc4)ccc1B3n1c3ccc4ccccc4c3c3cc(C(C)(C)C)cc-2c31. The van der Waals surface area contributed by atoms with Crippen molar-refractivity contribution >= 4 is 106 Å². The van der Waals surface area contributed by atoms with Crippen LogP contribution in [0.4, 0.5) is 34.1 Å². The summed E-state index contributed by atoms with van der Waals surface area (Å²) < 4.78 is 9.58. The van der Waals surface area contributed by atoms with Gasteiger partial charge in [0.05, 0.1) is 5.69 Å². The molecule has 0 radical (unpaired) electrons. The maximum Gasteiger partial charge on any atom is 0.333 e. The smallest absolute Gasteiger partial charge is 0.333 e. The van der Waals surface area contributed by atoms with Crippen molar-refractivity contribution in [3.63, 3.8) is 0 Å². The zero-order chi connectivity index (χ0) is 41.4. The molecule has 0 amide bonds. The number of para-hydroxylation sites is 4. The average Bonchev–Trinajstić information content (AvgIpc) is 3.85. The molecule has 2 aliphatic heterocycles. The molecule has 0 fully saturated rings. The molecule has 0 bridgehead atoms. The van der Waals surface area contributed by atoms with E-state index in [1.54, 1.807) is 0 Å². The Kier molecular flexibility index (Phi) is 7.26. The number of rotatable bonds is 4. The van der Waals surface area contributed by atoms with Gasteiger partial charge in [0.25, 0.3) is 0 Å². The molecule has 0 saturated heterocycles. The Labute approximate surface area is 361 Å². The Bertz CT molecular complexity index is 3610. The topological polar surface area (TPSA) is 24.6 Å². The number of anilines is 6. The monoisotopic (exact) mass is 795 g/mol. The van der Waals surface area contributed by atoms with E-state index in [-0.39, 0.29) is 12.3 Å². The van der Waals surface area contributed by atoms with E-state index in [9.17, 15) is 0 Å². The first kappa shape index (κ1) is 35.3. The van der Waals surface area contributed by atoms with E-state index >= 15 is 0 Å². The molecule has 5 heteroatoms. The van der Waals surface area contributed by atoms with Crippen LogP contribution in [0.15, 0.2) is 186 Å². The van der Waals surface area contributed by atoms with Crippen molar-refractivity contribution in [2.24, 2.45) is 0 Å². The van der Waals surface area contributed by atoms with Crippen molar-refractivity contribution < 1.29 is 4.42 Å². The van der Waals surface area contributed by atoms with E-state index in [0.29, 0.717) is 0 Å². The van der Waals surface area contributed by atoms with Gasteiger partial charge < -0.3 is 18.7 Å². The molecular formula is C57H42BN3O. The number of hydrogen-bond donors (Lipinski definition) is 0. The Morgan fingerprint density at radius 3 is 2.02 bits per heavy atom. The van der Waals surface area contributed by atoms with Gasteiger partial charge in [0.15, 0.2) is 5.58 Å². The van der Waals surface area contributed by atoms with Gasteiger partial charge in [-0.3, -0.25) is 0 Å². The molecule has 2 aliphatic rings. The highest BCUT2D eigenvalue weighted by molar-refractivity contribution is 6.90. The summed E-state index contributed by atoms with van der Waals surface area (Å²) in [5.41, 5.74) is 18.6. The van der Waals surface area contributed by atoms with Crippen LogP contribution in [0.25, 0.3) is 65.6 Å². The van der Waals surface area contributed by atoms with Crippen LogP contribution in [0.3, 0.4) is 0 Å². The molecule has 0 spiro atoms. The minimum Gasteiger partial charge on any atom is -0.454 e. The standard InChI is InChI=1S/C57H42BN3O/c1-35-30-44-45-32-37(57(2,3)4)33-46-53-41-21-12-11-16-36(41)26-29-48(53)61(55(45)46)58-47-28-27-40(59(38-17-7-5-8-18-38)39-19-9-6-10-20-39)34-50(47)60(51(31-35)54(44)58)49-24-15-23-43-42-22-13-14-25-52(42)62-56(43)49/h5-34H,1-4H3. The van der Waals surface area contributed by atoms with Crippen molar-refractivity contribution in [2.45, 2.75) is 33.1 Å². The van der Waals surface area contributed by atoms with Crippen LogP contribution in [0.2, 0.25) is 0 Å². The molecule has 9 aromatic carbocycles. The lowest BCUT2D eigenvalue weighted by atomic mass is 9.45. The number of benzene rings is 9. The van der Waals surface area contributed by atoms with Gasteiger partial charge in [0.1, 0.15) is 5.58 Å². The third-order valence-electron chi connectivity index (χ3n) is 13.5. The Hall–Kier alpha value is -7.50. The van der Waals surface area contributed by atoms with Gasteiger partial charge in [-0.15, -0.1) is 0 Å². The van der Waals surface area contributed by atoms with Crippen molar-refractivity contribution in [2.75, 3.05) is 9.80 Å². The number of furan rings is 1. The summed E-state index contributed by atoms with van der Waals surface area (Å²) in [6.07, 6.45) is 0. The number of nitrogens with zero attached hydrogens (tertiary/aromatic N) is 3. The molecule has 294 valence electrons. The molecule has 0 saturated carbocycles. The summed E-state index contributed by atoms with van der Waals surface area (Å²) in [4.78, 5) is 4.88. The fraction of sp³-hybridized carbons (Fsp3) is 0.0877. The van der Waals surface area contributed by atoms with Gasteiger partial charge in [-0.05, 0) is 124 Å². The highest BCUT2D eigenvalue weighted by Gasteiger charge is 2.44. The lowest BCUT2D eigenvalue weighted by Crippen LogP contribution is -2.56. The van der Waals surface area contributed by atoms with E-state index in [1.807, 2.05) is 0 Å². The van der Waals surface area contributed by atoms with Crippen molar-refractivity contribution in [1.82, 2.24) is 4.48 Å². The second-order valence-electron chi connectivity index (χ2n) is 18.2. The minimum atomic E-state index is -0.0909. The van der Waals surface area contributed by atoms with Crippen LogP contribution in [0.1, 0.15) is 31.9 Å². The predicted molar refractivity (Wildman–Crippen MR) is 263 cm³/mol. The van der Waals surface area contributed by atoms with Crippen LogP contribution in [-0.2, 0) is 5.41 Å². The molecule has 4 heterocycles. The number of aromatic nitrogens is 1. The molecular weight excluding hydrogens is 753 g/mol. The van der Waals surface area contributed by atoms with Crippen LogP contribution in [0.5, 0.6) is 0 Å². The molecule has 0 N–H and O–H groups in total. The maximum atomic E-state index is 6.90. The van der Waals surface area contributed by atoms with Crippen molar-refractivity contribution in [3.05, 3.63) is 193 Å². The zero-order valence-electron chi connectivity index (χ0n) is 35.1. The first-order valence-corrected chi connectivity index (χ1v) is 21.7. The fourth-order valence-corrected chi connectivity index (χ4v) is 10.7. The molecule has 62 heavy (non-hydrogen) atoms. The fourth-order valence-electron chi connectivity index (χ4n) is 10.7. The lowest BCUT2D eigenvalue weighted by Gasteiger charge is -2.41. The van der Waals surface area contributed by atoms with Gasteiger partial charge in [-0.25, -0.2) is 0 Å². The van der Waals surface area contributed by atoms with Crippen LogP contribution >= 0.6 is 0 Å². The third-order valence-corrected chi connectivity index (χ3v) is 13.5. The first-order chi connectivity index (χ1) is 30.3. The first-order valence-electron chi connectivity index (χ1n) is 21.7. The van der Waals surface area contributed by atoms with Crippen LogP contribution in [0, 0.1) is 6.92 Å². The number of hydrogen-bond acceptors (Lipinski definition) is 3. The predicted octanol–water partition coefficient (Wildman–Crippen LogP) is 14.3. The van der Waals surface area contributed by atoms with Gasteiger partial charge in [0, 0.05) is 66.6 Å². The molecule has 2 aromatic heterocycles. The zero-order valence-corrected chi connectivity index (χ0v) is 35.1. The van der Waals surface area contributed by atoms with E-state index in [2.05, 4.69) is 224 Å². The molecule has 0 atom stereocenters. The van der Waals surface area contributed by atoms with E-state index in [1.165, 1.54) is 71.4 Å². The summed E-state index contributed by atoms with van der Waals surface area (Å²) in [5.74, 6) is 0.